The van der Waals surface area contributed by atoms with Crippen LogP contribution in [0.4, 0.5) is 0 Å². The Hall–Kier alpha value is -1.31. The van der Waals surface area contributed by atoms with Gasteiger partial charge >= 0.3 is 0 Å². The molecule has 1 atom stereocenters. The maximum Gasteiger partial charge on any atom is 0.0690 e. The molecule has 2 rings (SSSR count). The Bertz CT molecular complexity index is 552. The monoisotopic (exact) mass is 321 g/mol. The summed E-state index contributed by atoms with van der Waals surface area (Å²) in [5, 5.41) is 1.16. The summed E-state index contributed by atoms with van der Waals surface area (Å²) in [6, 6.07) is 5.92. The molecule has 0 fully saturated rings. The molecule has 0 radical (unpaired) electrons. The van der Waals surface area contributed by atoms with Crippen LogP contribution in [0.3, 0.4) is 0 Å². The molecule has 0 aromatic heterocycles. The fraction of sp³-hybridized carbons (Fsp3) is 0.278. The number of hydrogen-bond acceptors (Lipinski definition) is 1. The predicted octanol–water partition coefficient (Wildman–Crippen LogP) is 6.27. The standard InChI is InChI=1S/C14H13Cl2N.C4H8/c1-2-3-4-11-6-8-14(17-11)10-5-7-12(15)13(16)9-10;1-3-4-2/h2-5,7,9,11H,1,6,8H2;3-4H,1-2H3/b4-3+;4-3-. The van der Waals surface area contributed by atoms with Crippen LogP contribution in [0, 0.1) is 0 Å². The van der Waals surface area contributed by atoms with Crippen molar-refractivity contribution in [3.8, 4) is 0 Å². The second-order valence-electron chi connectivity index (χ2n) is 4.60. The smallest absolute Gasteiger partial charge is 0.0690 e. The van der Waals surface area contributed by atoms with Gasteiger partial charge in [-0.25, -0.2) is 0 Å². The molecule has 0 bridgehead atoms. The summed E-state index contributed by atoms with van der Waals surface area (Å²) in [6.07, 6.45) is 11.8. The summed E-state index contributed by atoms with van der Waals surface area (Å²) in [5.74, 6) is 0. The maximum absolute atomic E-state index is 6.00. The van der Waals surface area contributed by atoms with Crippen molar-refractivity contribution in [1.82, 2.24) is 0 Å². The molecule has 1 aromatic carbocycles. The summed E-state index contributed by atoms with van der Waals surface area (Å²) in [5.41, 5.74) is 2.16. The van der Waals surface area contributed by atoms with E-state index in [0.717, 1.165) is 24.1 Å². The highest BCUT2D eigenvalue weighted by molar-refractivity contribution is 6.42. The quantitative estimate of drug-likeness (QED) is 0.459. The lowest BCUT2D eigenvalue weighted by molar-refractivity contribution is 0.807. The highest BCUT2D eigenvalue weighted by atomic mass is 35.5. The second kappa shape index (κ2) is 9.59. The van der Waals surface area contributed by atoms with Crippen molar-refractivity contribution in [2.75, 3.05) is 0 Å². The summed E-state index contributed by atoms with van der Waals surface area (Å²) in [6.45, 7) is 7.65. The summed E-state index contributed by atoms with van der Waals surface area (Å²) >= 11 is 11.9. The van der Waals surface area contributed by atoms with Crippen molar-refractivity contribution in [1.29, 1.82) is 0 Å². The topological polar surface area (TPSA) is 12.4 Å². The molecule has 1 aliphatic rings. The molecule has 112 valence electrons. The van der Waals surface area contributed by atoms with Crippen LogP contribution in [0.1, 0.15) is 32.3 Å². The third-order valence-corrected chi connectivity index (χ3v) is 3.79. The van der Waals surface area contributed by atoms with E-state index in [1.54, 1.807) is 6.08 Å². The van der Waals surface area contributed by atoms with Crippen LogP contribution in [0.25, 0.3) is 0 Å². The molecule has 1 aliphatic heterocycles. The van der Waals surface area contributed by atoms with Crippen LogP contribution in [0.5, 0.6) is 0 Å². The number of allylic oxidation sites excluding steroid dienone is 4. The van der Waals surface area contributed by atoms with Gasteiger partial charge in [-0.1, -0.05) is 66.2 Å². The van der Waals surface area contributed by atoms with E-state index in [9.17, 15) is 0 Å². The molecular formula is C18H21Cl2N. The molecule has 1 nitrogen and oxygen atoms in total. The molecule has 1 unspecified atom stereocenters. The first-order valence-corrected chi connectivity index (χ1v) is 7.76. The molecule has 0 saturated heterocycles. The van der Waals surface area contributed by atoms with Crippen LogP contribution in [-0.2, 0) is 0 Å². The minimum Gasteiger partial charge on any atom is -0.282 e. The lowest BCUT2D eigenvalue weighted by Crippen LogP contribution is -1.95. The lowest BCUT2D eigenvalue weighted by atomic mass is 10.1. The average Bonchev–Trinajstić information content (AvgIpc) is 2.97. The SMILES string of the molecule is C/C=C\C.C=C/C=C/C1CCC(c2ccc(Cl)c(Cl)c2)=N1. The number of hydrogen-bond donors (Lipinski definition) is 0. The van der Waals surface area contributed by atoms with Gasteiger partial charge in [0.1, 0.15) is 0 Å². The Morgan fingerprint density at radius 2 is 1.90 bits per heavy atom. The van der Waals surface area contributed by atoms with Crippen molar-refractivity contribution in [3.63, 3.8) is 0 Å². The largest absolute Gasteiger partial charge is 0.282 e. The first-order chi connectivity index (χ1) is 10.1. The number of rotatable bonds is 3. The van der Waals surface area contributed by atoms with Crippen LogP contribution < -0.4 is 0 Å². The molecule has 0 aliphatic carbocycles. The summed E-state index contributed by atoms with van der Waals surface area (Å²) < 4.78 is 0. The van der Waals surface area contributed by atoms with Crippen molar-refractivity contribution in [2.24, 2.45) is 4.99 Å². The van der Waals surface area contributed by atoms with Crippen LogP contribution in [-0.4, -0.2) is 11.8 Å². The van der Waals surface area contributed by atoms with Gasteiger partial charge in [0.05, 0.1) is 16.1 Å². The van der Waals surface area contributed by atoms with E-state index in [2.05, 4.69) is 17.6 Å². The van der Waals surface area contributed by atoms with Crippen LogP contribution in [0.2, 0.25) is 10.0 Å². The first kappa shape index (κ1) is 17.7. The highest BCUT2D eigenvalue weighted by Gasteiger charge is 2.16. The second-order valence-corrected chi connectivity index (χ2v) is 5.41. The van der Waals surface area contributed by atoms with E-state index >= 15 is 0 Å². The van der Waals surface area contributed by atoms with Crippen LogP contribution in [0.15, 0.2) is 60.2 Å². The highest BCUT2D eigenvalue weighted by Crippen LogP contribution is 2.26. The Morgan fingerprint density at radius 3 is 2.48 bits per heavy atom. The third kappa shape index (κ3) is 5.91. The lowest BCUT2D eigenvalue weighted by Gasteiger charge is -2.02. The minimum absolute atomic E-state index is 0.262. The molecule has 1 heterocycles. The van der Waals surface area contributed by atoms with E-state index in [1.807, 2.05) is 50.3 Å². The third-order valence-electron chi connectivity index (χ3n) is 3.05. The first-order valence-electron chi connectivity index (χ1n) is 7.01. The maximum atomic E-state index is 6.00. The number of aliphatic imine (C=N–C) groups is 1. The normalized spacial score (nSPS) is 17.7. The van der Waals surface area contributed by atoms with Gasteiger partial charge in [0.2, 0.25) is 0 Å². The zero-order valence-electron chi connectivity index (χ0n) is 12.5. The molecule has 21 heavy (non-hydrogen) atoms. The van der Waals surface area contributed by atoms with Gasteiger partial charge in [0.25, 0.3) is 0 Å². The van der Waals surface area contributed by atoms with Crippen molar-refractivity contribution in [2.45, 2.75) is 32.7 Å². The molecule has 0 spiro atoms. The number of halogens is 2. The molecule has 0 amide bonds. The van der Waals surface area contributed by atoms with Gasteiger partial charge in [-0.3, -0.25) is 4.99 Å². The van der Waals surface area contributed by atoms with E-state index in [-0.39, 0.29) is 6.04 Å². The predicted molar refractivity (Wildman–Crippen MR) is 95.8 cm³/mol. The average molecular weight is 322 g/mol. The van der Waals surface area contributed by atoms with Crippen molar-refractivity contribution in [3.05, 3.63) is 70.8 Å². The Labute approximate surface area is 137 Å². The van der Waals surface area contributed by atoms with E-state index in [0.29, 0.717) is 10.0 Å². The molecule has 0 saturated carbocycles. The Kier molecular flexibility index (Phi) is 8.11. The van der Waals surface area contributed by atoms with Gasteiger partial charge in [-0.2, -0.15) is 0 Å². The Morgan fingerprint density at radius 1 is 1.19 bits per heavy atom. The number of benzene rings is 1. The summed E-state index contributed by atoms with van der Waals surface area (Å²) in [4.78, 5) is 4.65. The zero-order valence-corrected chi connectivity index (χ0v) is 14.0. The van der Waals surface area contributed by atoms with Gasteiger partial charge in [0, 0.05) is 5.71 Å². The summed E-state index contributed by atoms with van der Waals surface area (Å²) in [7, 11) is 0. The molecular weight excluding hydrogens is 301 g/mol. The van der Waals surface area contributed by atoms with Gasteiger partial charge in [-0.15, -0.1) is 0 Å². The fourth-order valence-electron chi connectivity index (χ4n) is 1.85. The van der Waals surface area contributed by atoms with E-state index < -0.39 is 0 Å². The van der Waals surface area contributed by atoms with Crippen molar-refractivity contribution < 1.29 is 0 Å². The minimum atomic E-state index is 0.262. The zero-order chi connectivity index (χ0) is 15.7. The van der Waals surface area contributed by atoms with Gasteiger partial charge in [0.15, 0.2) is 0 Å². The van der Waals surface area contributed by atoms with Crippen molar-refractivity contribution >= 4 is 28.9 Å². The van der Waals surface area contributed by atoms with Gasteiger partial charge in [-0.05, 0) is 44.4 Å². The van der Waals surface area contributed by atoms with E-state index in [1.165, 1.54) is 0 Å². The molecule has 1 aromatic rings. The van der Waals surface area contributed by atoms with Crippen LogP contribution >= 0.6 is 23.2 Å². The fourth-order valence-corrected chi connectivity index (χ4v) is 2.15. The molecule has 0 N–H and O–H groups in total. The molecule has 3 heteroatoms. The Balaban J connectivity index is 0.000000491. The van der Waals surface area contributed by atoms with E-state index in [4.69, 9.17) is 23.2 Å². The number of nitrogens with zero attached hydrogens (tertiary/aromatic N) is 1. The van der Waals surface area contributed by atoms with Gasteiger partial charge < -0.3 is 0 Å².